The van der Waals surface area contributed by atoms with Crippen LogP contribution < -0.4 is 5.32 Å². The molecule has 0 saturated heterocycles. The van der Waals surface area contributed by atoms with Gasteiger partial charge in [-0.1, -0.05) is 303 Å². The SMILES string of the molecule is CCCCCCCCCCCCCCCCCCCCCCC(O)C(CO)NC(=O)CCCCCCCCCCCOC(=O)CCCCCCCCCCCCCCCCCCCCC. The normalized spacial score (nSPS) is 12.5. The van der Waals surface area contributed by atoms with Crippen LogP contribution in [0.3, 0.4) is 0 Å². The third-order valence-electron chi connectivity index (χ3n) is 14.2. The van der Waals surface area contributed by atoms with Crippen molar-refractivity contribution in [3.8, 4) is 0 Å². The Morgan fingerprint density at radius 1 is 0.369 bits per heavy atom. The third kappa shape index (κ3) is 52.1. The molecule has 6 heteroatoms. The highest BCUT2D eigenvalue weighted by atomic mass is 16.5. The van der Waals surface area contributed by atoms with E-state index < -0.39 is 12.1 Å². The van der Waals surface area contributed by atoms with Crippen LogP contribution in [0.1, 0.15) is 341 Å². The molecule has 0 spiro atoms. The predicted molar refractivity (Wildman–Crippen MR) is 283 cm³/mol. The first-order chi connectivity index (χ1) is 32.0. The average Bonchev–Trinajstić information content (AvgIpc) is 3.31. The minimum Gasteiger partial charge on any atom is -0.466 e. The smallest absolute Gasteiger partial charge is 0.305 e. The van der Waals surface area contributed by atoms with Crippen LogP contribution in [0.25, 0.3) is 0 Å². The molecular weight excluding hydrogens is 803 g/mol. The first-order valence-corrected chi connectivity index (χ1v) is 29.8. The van der Waals surface area contributed by atoms with Crippen LogP contribution in [0, 0.1) is 0 Å². The Balaban J connectivity index is 3.44. The van der Waals surface area contributed by atoms with Crippen molar-refractivity contribution in [2.45, 2.75) is 353 Å². The largest absolute Gasteiger partial charge is 0.466 e. The van der Waals surface area contributed by atoms with Gasteiger partial charge in [0.05, 0.1) is 25.4 Å². The summed E-state index contributed by atoms with van der Waals surface area (Å²) in [7, 11) is 0. The monoisotopic (exact) mass is 920 g/mol. The maximum Gasteiger partial charge on any atom is 0.305 e. The van der Waals surface area contributed by atoms with Gasteiger partial charge < -0.3 is 20.3 Å². The van der Waals surface area contributed by atoms with Crippen molar-refractivity contribution >= 4 is 11.9 Å². The zero-order valence-electron chi connectivity index (χ0n) is 44.3. The number of aliphatic hydroxyl groups excluding tert-OH is 2. The van der Waals surface area contributed by atoms with Gasteiger partial charge in [-0.2, -0.15) is 0 Å². The quantitative estimate of drug-likeness (QED) is 0.0417. The van der Waals surface area contributed by atoms with E-state index in [-0.39, 0.29) is 18.5 Å². The predicted octanol–water partition coefficient (Wildman–Crippen LogP) is 18.3. The van der Waals surface area contributed by atoms with Gasteiger partial charge >= 0.3 is 5.97 Å². The molecule has 0 aliphatic carbocycles. The Labute approximate surface area is 406 Å². The fourth-order valence-corrected chi connectivity index (χ4v) is 9.58. The number of hydrogen-bond donors (Lipinski definition) is 3. The lowest BCUT2D eigenvalue weighted by Gasteiger charge is -2.22. The summed E-state index contributed by atoms with van der Waals surface area (Å²) in [4.78, 5) is 24.6. The van der Waals surface area contributed by atoms with Crippen LogP contribution in [-0.2, 0) is 14.3 Å². The molecule has 2 unspecified atom stereocenters. The molecule has 6 nitrogen and oxygen atoms in total. The van der Waals surface area contributed by atoms with Gasteiger partial charge in [0.15, 0.2) is 0 Å². The first kappa shape index (κ1) is 63.9. The molecule has 3 N–H and O–H groups in total. The zero-order valence-corrected chi connectivity index (χ0v) is 44.3. The summed E-state index contributed by atoms with van der Waals surface area (Å²) < 4.78 is 5.48. The second-order valence-corrected chi connectivity index (χ2v) is 20.7. The fourth-order valence-electron chi connectivity index (χ4n) is 9.58. The van der Waals surface area contributed by atoms with E-state index in [9.17, 15) is 19.8 Å². The average molecular weight is 921 g/mol. The lowest BCUT2D eigenvalue weighted by molar-refractivity contribution is -0.143. The van der Waals surface area contributed by atoms with E-state index in [0.717, 1.165) is 57.8 Å². The van der Waals surface area contributed by atoms with E-state index in [2.05, 4.69) is 19.2 Å². The summed E-state index contributed by atoms with van der Waals surface area (Å²) in [6.45, 7) is 4.93. The number of aliphatic hydroxyl groups is 2. The molecule has 0 radical (unpaired) electrons. The van der Waals surface area contributed by atoms with Crippen LogP contribution in [0.5, 0.6) is 0 Å². The van der Waals surface area contributed by atoms with Crippen molar-refractivity contribution < 1.29 is 24.5 Å². The highest BCUT2D eigenvalue weighted by Crippen LogP contribution is 2.18. The number of amides is 1. The van der Waals surface area contributed by atoms with Gasteiger partial charge in [0.2, 0.25) is 5.91 Å². The molecule has 0 aromatic carbocycles. The number of rotatable bonds is 56. The lowest BCUT2D eigenvalue weighted by atomic mass is 10.0. The molecule has 0 aliphatic heterocycles. The van der Waals surface area contributed by atoms with Crippen molar-refractivity contribution in [3.63, 3.8) is 0 Å². The van der Waals surface area contributed by atoms with Crippen molar-refractivity contribution in [2.24, 2.45) is 0 Å². The molecule has 1 amide bonds. The zero-order chi connectivity index (χ0) is 47.2. The molecule has 0 heterocycles. The summed E-state index contributed by atoms with van der Waals surface area (Å²) in [5, 5.41) is 23.3. The summed E-state index contributed by atoms with van der Waals surface area (Å²) in [6.07, 6.45) is 63.8. The highest BCUT2D eigenvalue weighted by molar-refractivity contribution is 5.76. The summed E-state index contributed by atoms with van der Waals surface area (Å²) >= 11 is 0. The first-order valence-electron chi connectivity index (χ1n) is 29.8. The topological polar surface area (TPSA) is 95.9 Å². The van der Waals surface area contributed by atoms with Crippen molar-refractivity contribution in [1.82, 2.24) is 5.32 Å². The Morgan fingerprint density at radius 2 is 0.631 bits per heavy atom. The molecule has 0 aliphatic rings. The maximum atomic E-state index is 12.5. The van der Waals surface area contributed by atoms with E-state index in [1.165, 1.54) is 250 Å². The van der Waals surface area contributed by atoms with E-state index in [1.807, 2.05) is 0 Å². The van der Waals surface area contributed by atoms with Gasteiger partial charge in [0, 0.05) is 12.8 Å². The Hall–Kier alpha value is -1.14. The number of carbonyl (C=O) groups is 2. The molecular formula is C59H117NO5. The second-order valence-electron chi connectivity index (χ2n) is 20.7. The Morgan fingerprint density at radius 3 is 0.938 bits per heavy atom. The number of hydrogen-bond acceptors (Lipinski definition) is 5. The number of esters is 1. The van der Waals surface area contributed by atoms with E-state index in [0.29, 0.717) is 25.9 Å². The van der Waals surface area contributed by atoms with Crippen LogP contribution in [0.4, 0.5) is 0 Å². The fraction of sp³-hybridized carbons (Fsp3) is 0.966. The van der Waals surface area contributed by atoms with E-state index in [1.54, 1.807) is 0 Å². The van der Waals surface area contributed by atoms with Gasteiger partial charge in [0.1, 0.15) is 0 Å². The number of nitrogens with one attached hydrogen (secondary N) is 1. The van der Waals surface area contributed by atoms with Crippen LogP contribution in [0.2, 0.25) is 0 Å². The molecule has 0 bridgehead atoms. The van der Waals surface area contributed by atoms with E-state index >= 15 is 0 Å². The minimum atomic E-state index is -0.681. The standard InChI is InChI=1S/C59H117NO5/c1-3-5-7-9-11-13-15-17-19-21-23-25-26-28-30-32-35-39-43-47-51-57(62)56(55-61)60-58(63)52-48-44-40-36-34-38-42-46-50-54-65-59(64)53-49-45-41-37-33-31-29-27-24-22-20-18-16-14-12-10-8-6-4-2/h56-57,61-62H,3-55H2,1-2H3,(H,60,63). The number of ether oxygens (including phenoxy) is 1. The van der Waals surface area contributed by atoms with Gasteiger partial charge in [0.25, 0.3) is 0 Å². The van der Waals surface area contributed by atoms with Gasteiger partial charge in [-0.05, 0) is 25.7 Å². The van der Waals surface area contributed by atoms with Crippen molar-refractivity contribution in [1.29, 1.82) is 0 Å². The molecule has 0 rings (SSSR count). The van der Waals surface area contributed by atoms with E-state index in [4.69, 9.17) is 4.74 Å². The van der Waals surface area contributed by atoms with Gasteiger partial charge in [-0.3, -0.25) is 9.59 Å². The minimum absolute atomic E-state index is 0.0186. The molecule has 0 aromatic heterocycles. The second kappa shape index (κ2) is 55.5. The number of unbranched alkanes of at least 4 members (excludes halogenated alkanes) is 45. The Bertz CT molecular complexity index is 928. The van der Waals surface area contributed by atoms with Crippen LogP contribution in [0.15, 0.2) is 0 Å². The molecule has 388 valence electrons. The summed E-state index contributed by atoms with van der Waals surface area (Å²) in [6, 6.07) is -0.561. The lowest BCUT2D eigenvalue weighted by Crippen LogP contribution is -2.45. The Kier molecular flexibility index (Phi) is 54.5. The third-order valence-corrected chi connectivity index (χ3v) is 14.2. The van der Waals surface area contributed by atoms with Crippen LogP contribution in [-0.4, -0.2) is 47.4 Å². The van der Waals surface area contributed by atoms with Gasteiger partial charge in [-0.15, -0.1) is 0 Å². The maximum absolute atomic E-state index is 12.5. The molecule has 2 atom stereocenters. The molecule has 0 saturated carbocycles. The van der Waals surface area contributed by atoms with Gasteiger partial charge in [-0.25, -0.2) is 0 Å². The molecule has 0 fully saturated rings. The summed E-state index contributed by atoms with van der Waals surface area (Å²) in [5.74, 6) is -0.0761. The number of carbonyl (C=O) groups excluding carboxylic acids is 2. The summed E-state index contributed by atoms with van der Waals surface area (Å²) in [5.41, 5.74) is 0. The van der Waals surface area contributed by atoms with Crippen LogP contribution >= 0.6 is 0 Å². The molecule has 65 heavy (non-hydrogen) atoms. The van der Waals surface area contributed by atoms with Crippen molar-refractivity contribution in [3.05, 3.63) is 0 Å². The highest BCUT2D eigenvalue weighted by Gasteiger charge is 2.20. The molecule has 0 aromatic rings. The van der Waals surface area contributed by atoms with Crippen molar-refractivity contribution in [2.75, 3.05) is 13.2 Å².